The maximum absolute atomic E-state index is 11.6. The second-order valence-corrected chi connectivity index (χ2v) is 5.44. The van der Waals surface area contributed by atoms with Gasteiger partial charge in [-0.3, -0.25) is 0 Å². The summed E-state index contributed by atoms with van der Waals surface area (Å²) in [4.78, 5) is 22.9. The Morgan fingerprint density at radius 1 is 1.16 bits per heavy atom. The summed E-state index contributed by atoms with van der Waals surface area (Å²) in [5.41, 5.74) is 1.11. The van der Waals surface area contributed by atoms with E-state index in [4.69, 9.17) is 0 Å². The van der Waals surface area contributed by atoms with Gasteiger partial charge in [0, 0.05) is 12.2 Å². The highest BCUT2D eigenvalue weighted by Crippen LogP contribution is 2.12. The van der Waals surface area contributed by atoms with Gasteiger partial charge in [0.2, 0.25) is 0 Å². The molecule has 0 radical (unpaired) electrons. The first-order valence-electron chi connectivity index (χ1n) is 6.05. The lowest BCUT2D eigenvalue weighted by molar-refractivity contribution is 0.0601. The number of hydrogen-bond donors (Lipinski definition) is 2. The van der Waals surface area contributed by atoms with Crippen LogP contribution in [-0.4, -0.2) is 25.7 Å². The Hall–Kier alpha value is -2.04. The average molecular weight is 264 g/mol. The van der Waals surface area contributed by atoms with E-state index in [-0.39, 0.29) is 11.4 Å². The second kappa shape index (κ2) is 6.22. The topological polar surface area (TPSA) is 67.4 Å². The van der Waals surface area contributed by atoms with Gasteiger partial charge in [-0.15, -0.1) is 0 Å². The van der Waals surface area contributed by atoms with Gasteiger partial charge in [-0.05, 0) is 29.7 Å². The molecule has 0 saturated heterocycles. The molecule has 19 heavy (non-hydrogen) atoms. The first-order valence-corrected chi connectivity index (χ1v) is 6.05. The van der Waals surface area contributed by atoms with Gasteiger partial charge in [-0.2, -0.15) is 0 Å². The van der Waals surface area contributed by atoms with E-state index >= 15 is 0 Å². The zero-order valence-corrected chi connectivity index (χ0v) is 11.7. The fraction of sp³-hybridized carbons (Fsp3) is 0.429. The maximum Gasteiger partial charge on any atom is 0.337 e. The molecule has 2 N–H and O–H groups in total. The number of hydrogen-bond acceptors (Lipinski definition) is 3. The third-order valence-corrected chi connectivity index (χ3v) is 2.34. The molecule has 0 heterocycles. The number of ether oxygens (including phenoxy) is 1. The molecule has 0 fully saturated rings. The Labute approximate surface area is 113 Å². The quantitative estimate of drug-likeness (QED) is 0.825. The minimum Gasteiger partial charge on any atom is -0.465 e. The van der Waals surface area contributed by atoms with Gasteiger partial charge >= 0.3 is 12.0 Å². The van der Waals surface area contributed by atoms with Crippen molar-refractivity contribution >= 4 is 17.7 Å². The molecule has 0 aliphatic rings. The molecule has 0 aliphatic carbocycles. The van der Waals surface area contributed by atoms with E-state index in [1.165, 1.54) is 7.11 Å². The van der Waals surface area contributed by atoms with Crippen LogP contribution in [0.25, 0.3) is 0 Å². The smallest absolute Gasteiger partial charge is 0.337 e. The van der Waals surface area contributed by atoms with E-state index in [1.54, 1.807) is 24.3 Å². The van der Waals surface area contributed by atoms with Crippen LogP contribution in [0.1, 0.15) is 31.1 Å². The normalized spacial score (nSPS) is 10.7. The predicted octanol–water partition coefficient (Wildman–Crippen LogP) is 2.64. The van der Waals surface area contributed by atoms with Crippen LogP contribution in [0.15, 0.2) is 24.3 Å². The van der Waals surface area contributed by atoms with Gasteiger partial charge in [0.25, 0.3) is 0 Å². The van der Waals surface area contributed by atoms with E-state index in [9.17, 15) is 9.59 Å². The number of amides is 2. The number of methoxy groups -OCH3 is 1. The van der Waals surface area contributed by atoms with Crippen molar-refractivity contribution in [3.63, 3.8) is 0 Å². The zero-order chi connectivity index (χ0) is 14.5. The van der Waals surface area contributed by atoms with Crippen LogP contribution < -0.4 is 10.6 Å². The van der Waals surface area contributed by atoms with E-state index in [0.29, 0.717) is 17.8 Å². The fourth-order valence-corrected chi connectivity index (χ4v) is 1.33. The van der Waals surface area contributed by atoms with E-state index in [1.807, 2.05) is 20.8 Å². The van der Waals surface area contributed by atoms with E-state index < -0.39 is 5.97 Å². The molecule has 0 aliphatic heterocycles. The Kier molecular flexibility index (Phi) is 4.92. The molecule has 0 bridgehead atoms. The molecular formula is C14H20N2O3. The Morgan fingerprint density at radius 2 is 1.74 bits per heavy atom. The molecular weight excluding hydrogens is 244 g/mol. The number of rotatable bonds is 3. The van der Waals surface area contributed by atoms with Crippen LogP contribution in [0.5, 0.6) is 0 Å². The number of urea groups is 1. The van der Waals surface area contributed by atoms with Crippen LogP contribution in [0.4, 0.5) is 10.5 Å². The van der Waals surface area contributed by atoms with Gasteiger partial charge in [0.05, 0.1) is 12.7 Å². The van der Waals surface area contributed by atoms with Gasteiger partial charge in [0.1, 0.15) is 0 Å². The van der Waals surface area contributed by atoms with Gasteiger partial charge in [-0.25, -0.2) is 9.59 Å². The van der Waals surface area contributed by atoms with Crippen molar-refractivity contribution in [2.75, 3.05) is 19.0 Å². The largest absolute Gasteiger partial charge is 0.465 e. The third-order valence-electron chi connectivity index (χ3n) is 2.34. The summed E-state index contributed by atoms with van der Waals surface area (Å²) in [6.07, 6.45) is 0. The SMILES string of the molecule is COC(=O)c1ccc(NC(=O)NCC(C)(C)C)cc1. The number of nitrogens with one attached hydrogen (secondary N) is 2. The lowest BCUT2D eigenvalue weighted by Crippen LogP contribution is -2.35. The Bertz CT molecular complexity index is 447. The Balaban J connectivity index is 2.54. The second-order valence-electron chi connectivity index (χ2n) is 5.44. The standard InChI is InChI=1S/C14H20N2O3/c1-14(2,3)9-15-13(18)16-11-7-5-10(6-8-11)12(17)19-4/h5-8H,9H2,1-4H3,(H2,15,16,18). The highest BCUT2D eigenvalue weighted by atomic mass is 16.5. The zero-order valence-electron chi connectivity index (χ0n) is 11.7. The minimum atomic E-state index is -0.399. The summed E-state index contributed by atoms with van der Waals surface area (Å²) >= 11 is 0. The fourth-order valence-electron chi connectivity index (χ4n) is 1.33. The summed E-state index contributed by atoms with van der Waals surface area (Å²) in [5, 5.41) is 5.47. The van der Waals surface area contributed by atoms with Crippen LogP contribution in [0.3, 0.4) is 0 Å². The maximum atomic E-state index is 11.6. The predicted molar refractivity (Wildman–Crippen MR) is 74.3 cm³/mol. The molecule has 1 aromatic rings. The average Bonchev–Trinajstić information content (AvgIpc) is 2.35. The first kappa shape index (κ1) is 15.0. The van der Waals surface area contributed by atoms with Gasteiger partial charge in [-0.1, -0.05) is 20.8 Å². The highest BCUT2D eigenvalue weighted by molar-refractivity contribution is 5.92. The van der Waals surface area contributed by atoms with Crippen LogP contribution in [-0.2, 0) is 4.74 Å². The first-order chi connectivity index (χ1) is 8.81. The van der Waals surface area contributed by atoms with Crippen molar-refractivity contribution in [1.29, 1.82) is 0 Å². The van der Waals surface area contributed by atoms with Crippen LogP contribution >= 0.6 is 0 Å². The van der Waals surface area contributed by atoms with Crippen LogP contribution in [0, 0.1) is 5.41 Å². The molecule has 1 rings (SSSR count). The number of carbonyl (C=O) groups is 2. The molecule has 5 nitrogen and oxygen atoms in total. The van der Waals surface area contributed by atoms with Crippen molar-refractivity contribution < 1.29 is 14.3 Å². The summed E-state index contributed by atoms with van der Waals surface area (Å²) < 4.78 is 4.59. The molecule has 0 unspecified atom stereocenters. The lowest BCUT2D eigenvalue weighted by atomic mass is 9.97. The molecule has 0 saturated carbocycles. The molecule has 0 aromatic heterocycles. The van der Waals surface area contributed by atoms with Crippen molar-refractivity contribution in [1.82, 2.24) is 5.32 Å². The monoisotopic (exact) mass is 264 g/mol. The summed E-state index contributed by atoms with van der Waals surface area (Å²) in [6, 6.07) is 6.25. The molecule has 1 aromatic carbocycles. The Morgan fingerprint density at radius 3 is 2.21 bits per heavy atom. The number of anilines is 1. The number of esters is 1. The molecule has 2 amide bonds. The van der Waals surface area contributed by atoms with E-state index in [2.05, 4.69) is 15.4 Å². The third kappa shape index (κ3) is 5.42. The van der Waals surface area contributed by atoms with Gasteiger partial charge < -0.3 is 15.4 Å². The lowest BCUT2D eigenvalue weighted by Gasteiger charge is -2.18. The van der Waals surface area contributed by atoms with Crippen molar-refractivity contribution in [2.24, 2.45) is 5.41 Å². The molecule has 0 spiro atoms. The summed E-state index contributed by atoms with van der Waals surface area (Å²) in [5.74, 6) is -0.399. The van der Waals surface area contributed by atoms with Crippen molar-refractivity contribution in [3.05, 3.63) is 29.8 Å². The minimum absolute atomic E-state index is 0.0338. The number of carbonyl (C=O) groups excluding carboxylic acids is 2. The summed E-state index contributed by atoms with van der Waals surface area (Å²) in [6.45, 7) is 6.70. The highest BCUT2D eigenvalue weighted by Gasteiger charge is 2.12. The molecule has 104 valence electrons. The van der Waals surface area contributed by atoms with E-state index in [0.717, 1.165) is 0 Å². The number of benzene rings is 1. The van der Waals surface area contributed by atoms with Crippen LogP contribution in [0.2, 0.25) is 0 Å². The summed E-state index contributed by atoms with van der Waals surface area (Å²) in [7, 11) is 1.33. The van der Waals surface area contributed by atoms with Gasteiger partial charge in [0.15, 0.2) is 0 Å². The molecule has 0 atom stereocenters. The molecule has 5 heteroatoms. The van der Waals surface area contributed by atoms with Crippen molar-refractivity contribution in [3.8, 4) is 0 Å². The van der Waals surface area contributed by atoms with Crippen molar-refractivity contribution in [2.45, 2.75) is 20.8 Å².